The zero-order valence-electron chi connectivity index (χ0n) is 18.0. The normalized spacial score (nSPS) is 10.7. The van der Waals surface area contributed by atoms with Gasteiger partial charge in [0.1, 0.15) is 5.75 Å². The smallest absolute Gasteiger partial charge is 0.118 e. The number of aryl methyl sites for hydroxylation is 3. The summed E-state index contributed by atoms with van der Waals surface area (Å²) in [5, 5.41) is 0. The second-order valence-electron chi connectivity index (χ2n) is 7.73. The Morgan fingerprint density at radius 1 is 0.567 bits per heavy atom. The van der Waals surface area contributed by atoms with E-state index in [1.54, 1.807) is 7.11 Å². The van der Waals surface area contributed by atoms with Crippen molar-refractivity contribution >= 4 is 17.1 Å². The van der Waals surface area contributed by atoms with Crippen LogP contribution in [0.15, 0.2) is 91.0 Å². The highest BCUT2D eigenvalue weighted by Gasteiger charge is 2.14. The number of hydrogen-bond acceptors (Lipinski definition) is 2. The van der Waals surface area contributed by atoms with Crippen LogP contribution in [-0.4, -0.2) is 7.11 Å². The number of hydrogen-bond donors (Lipinski definition) is 0. The van der Waals surface area contributed by atoms with Crippen LogP contribution in [0, 0.1) is 20.8 Å². The van der Waals surface area contributed by atoms with Gasteiger partial charge in [-0.05, 0) is 86.0 Å². The number of rotatable bonds is 5. The van der Waals surface area contributed by atoms with E-state index in [1.165, 1.54) is 27.8 Å². The maximum absolute atomic E-state index is 5.29. The van der Waals surface area contributed by atoms with Gasteiger partial charge in [0.15, 0.2) is 0 Å². The van der Waals surface area contributed by atoms with Gasteiger partial charge >= 0.3 is 0 Å². The van der Waals surface area contributed by atoms with Crippen LogP contribution >= 0.6 is 0 Å². The minimum Gasteiger partial charge on any atom is -0.497 e. The van der Waals surface area contributed by atoms with Crippen molar-refractivity contribution in [3.8, 4) is 16.9 Å². The topological polar surface area (TPSA) is 12.5 Å². The summed E-state index contributed by atoms with van der Waals surface area (Å²) in [6, 6.07) is 32.3. The minimum absolute atomic E-state index is 0.873. The Hall–Kier alpha value is -3.52. The molecule has 0 bridgehead atoms. The van der Waals surface area contributed by atoms with E-state index < -0.39 is 0 Å². The van der Waals surface area contributed by atoms with Crippen molar-refractivity contribution in [1.82, 2.24) is 0 Å². The molecule has 4 aromatic carbocycles. The van der Waals surface area contributed by atoms with Crippen LogP contribution in [0.2, 0.25) is 0 Å². The molecular weight excluding hydrogens is 366 g/mol. The standard InChI is InChI=1S/C28H27NO/c1-20-5-11-24(12-6-20)29(25-13-7-21(2)8-14-25)26-15-18-28(22(3)19-26)23-9-16-27(30-4)17-10-23/h5-19H,1-4H3. The predicted molar refractivity (Wildman–Crippen MR) is 127 cm³/mol. The third-order valence-electron chi connectivity index (χ3n) is 5.45. The van der Waals surface area contributed by atoms with Gasteiger partial charge < -0.3 is 9.64 Å². The lowest BCUT2D eigenvalue weighted by Crippen LogP contribution is -2.10. The summed E-state index contributed by atoms with van der Waals surface area (Å²) in [5.74, 6) is 0.873. The summed E-state index contributed by atoms with van der Waals surface area (Å²) < 4.78 is 5.29. The van der Waals surface area contributed by atoms with Gasteiger partial charge in [-0.2, -0.15) is 0 Å². The molecule has 0 N–H and O–H groups in total. The summed E-state index contributed by atoms with van der Waals surface area (Å²) in [7, 11) is 1.69. The molecule has 4 aromatic rings. The Bertz CT molecular complexity index is 1080. The van der Waals surface area contributed by atoms with Gasteiger partial charge in [-0.3, -0.25) is 0 Å². The van der Waals surface area contributed by atoms with Crippen molar-refractivity contribution in [2.45, 2.75) is 20.8 Å². The third-order valence-corrected chi connectivity index (χ3v) is 5.45. The number of anilines is 3. The molecule has 0 aliphatic rings. The molecule has 0 fully saturated rings. The highest BCUT2D eigenvalue weighted by Crippen LogP contribution is 2.37. The van der Waals surface area contributed by atoms with Crippen molar-refractivity contribution in [3.05, 3.63) is 108 Å². The Morgan fingerprint density at radius 3 is 1.53 bits per heavy atom. The Kier molecular flexibility index (Phi) is 5.58. The largest absolute Gasteiger partial charge is 0.497 e. The van der Waals surface area contributed by atoms with Gasteiger partial charge in [-0.15, -0.1) is 0 Å². The lowest BCUT2D eigenvalue weighted by Gasteiger charge is -2.26. The van der Waals surface area contributed by atoms with E-state index in [4.69, 9.17) is 4.74 Å². The molecule has 0 unspecified atom stereocenters. The summed E-state index contributed by atoms with van der Waals surface area (Å²) in [6.07, 6.45) is 0. The van der Waals surface area contributed by atoms with Crippen molar-refractivity contribution < 1.29 is 4.74 Å². The number of methoxy groups -OCH3 is 1. The van der Waals surface area contributed by atoms with Crippen molar-refractivity contribution in [2.24, 2.45) is 0 Å². The third kappa shape index (κ3) is 4.08. The highest BCUT2D eigenvalue weighted by molar-refractivity contribution is 5.79. The van der Waals surface area contributed by atoms with Crippen LogP contribution in [0.1, 0.15) is 16.7 Å². The second kappa shape index (κ2) is 8.46. The van der Waals surface area contributed by atoms with Gasteiger partial charge in [0, 0.05) is 17.1 Å². The van der Waals surface area contributed by atoms with E-state index in [-0.39, 0.29) is 0 Å². The predicted octanol–water partition coefficient (Wildman–Crippen LogP) is 7.76. The Morgan fingerprint density at radius 2 is 1.07 bits per heavy atom. The fourth-order valence-electron chi connectivity index (χ4n) is 3.72. The molecule has 0 spiro atoms. The van der Waals surface area contributed by atoms with Gasteiger partial charge in [0.25, 0.3) is 0 Å². The molecule has 4 rings (SSSR count). The van der Waals surface area contributed by atoms with E-state index in [0.29, 0.717) is 0 Å². The van der Waals surface area contributed by atoms with Gasteiger partial charge in [0.05, 0.1) is 7.11 Å². The molecule has 0 radical (unpaired) electrons. The van der Waals surface area contributed by atoms with Crippen LogP contribution < -0.4 is 9.64 Å². The second-order valence-corrected chi connectivity index (χ2v) is 7.73. The van der Waals surface area contributed by atoms with Gasteiger partial charge in [-0.25, -0.2) is 0 Å². The molecule has 150 valence electrons. The first-order valence-electron chi connectivity index (χ1n) is 10.2. The first kappa shape index (κ1) is 19.8. The molecule has 0 aliphatic carbocycles. The molecule has 0 saturated heterocycles. The summed E-state index contributed by atoms with van der Waals surface area (Å²) in [4.78, 5) is 2.31. The molecule has 0 saturated carbocycles. The first-order chi connectivity index (χ1) is 14.5. The fourth-order valence-corrected chi connectivity index (χ4v) is 3.72. The highest BCUT2D eigenvalue weighted by atomic mass is 16.5. The van der Waals surface area contributed by atoms with Crippen LogP contribution in [0.25, 0.3) is 11.1 Å². The lowest BCUT2D eigenvalue weighted by molar-refractivity contribution is 0.415. The Labute approximate surface area is 179 Å². The molecule has 0 atom stereocenters. The number of ether oxygens (including phenoxy) is 1. The molecule has 2 nitrogen and oxygen atoms in total. The summed E-state index contributed by atoms with van der Waals surface area (Å²) >= 11 is 0. The molecule has 30 heavy (non-hydrogen) atoms. The van der Waals surface area contributed by atoms with Crippen LogP contribution in [0.5, 0.6) is 5.75 Å². The molecule has 0 aliphatic heterocycles. The molecule has 0 heterocycles. The lowest BCUT2D eigenvalue weighted by atomic mass is 9.99. The number of nitrogens with zero attached hydrogens (tertiary/aromatic N) is 1. The van der Waals surface area contributed by atoms with E-state index in [1.807, 2.05) is 12.1 Å². The minimum atomic E-state index is 0.873. The average Bonchev–Trinajstić information content (AvgIpc) is 2.77. The fraction of sp³-hybridized carbons (Fsp3) is 0.143. The van der Waals surface area contributed by atoms with Crippen LogP contribution in [0.4, 0.5) is 17.1 Å². The van der Waals surface area contributed by atoms with E-state index in [2.05, 4.69) is 105 Å². The van der Waals surface area contributed by atoms with E-state index in [9.17, 15) is 0 Å². The SMILES string of the molecule is COc1ccc(-c2ccc(N(c3ccc(C)cc3)c3ccc(C)cc3)cc2C)cc1. The van der Waals surface area contributed by atoms with Crippen molar-refractivity contribution in [3.63, 3.8) is 0 Å². The first-order valence-corrected chi connectivity index (χ1v) is 10.2. The number of benzene rings is 4. The van der Waals surface area contributed by atoms with E-state index in [0.717, 1.165) is 22.8 Å². The maximum Gasteiger partial charge on any atom is 0.118 e. The zero-order chi connectivity index (χ0) is 21.1. The monoisotopic (exact) mass is 393 g/mol. The van der Waals surface area contributed by atoms with Crippen molar-refractivity contribution in [1.29, 1.82) is 0 Å². The van der Waals surface area contributed by atoms with Crippen LogP contribution in [0.3, 0.4) is 0 Å². The molecular formula is C28H27NO. The van der Waals surface area contributed by atoms with Gasteiger partial charge in [-0.1, -0.05) is 53.6 Å². The summed E-state index contributed by atoms with van der Waals surface area (Å²) in [5.41, 5.74) is 9.63. The van der Waals surface area contributed by atoms with Crippen molar-refractivity contribution in [2.75, 3.05) is 12.0 Å². The Balaban J connectivity index is 1.77. The molecule has 0 amide bonds. The van der Waals surface area contributed by atoms with Gasteiger partial charge in [0.2, 0.25) is 0 Å². The van der Waals surface area contributed by atoms with Crippen LogP contribution in [-0.2, 0) is 0 Å². The maximum atomic E-state index is 5.29. The quantitative estimate of drug-likeness (QED) is 0.343. The average molecular weight is 394 g/mol. The van der Waals surface area contributed by atoms with E-state index >= 15 is 0 Å². The summed E-state index contributed by atoms with van der Waals surface area (Å²) in [6.45, 7) is 6.41. The molecule has 0 aromatic heterocycles. The zero-order valence-corrected chi connectivity index (χ0v) is 18.0. The molecule has 2 heteroatoms.